The lowest BCUT2D eigenvalue weighted by atomic mass is 10.2. The highest BCUT2D eigenvalue weighted by Crippen LogP contribution is 2.20. The van der Waals surface area contributed by atoms with E-state index in [0.29, 0.717) is 0 Å². The SMILES string of the molecule is [c]1cnc2cc3cccc3cc2[nH]1. The summed E-state index contributed by atoms with van der Waals surface area (Å²) in [6.07, 6.45) is 4.51. The predicted octanol–water partition coefficient (Wildman–Crippen LogP) is 2.52. The maximum Gasteiger partial charge on any atom is 0.0871 e. The van der Waals surface area contributed by atoms with Crippen molar-refractivity contribution in [2.45, 2.75) is 0 Å². The Morgan fingerprint density at radius 1 is 1.15 bits per heavy atom. The number of rotatable bonds is 0. The standard InChI is InChI=1S/C11H7N2/c1-2-8-6-10-11(7-9(8)3-1)13-5-4-12-10/h1-4,6-7,13H. The molecule has 0 saturated heterocycles. The molecule has 2 aromatic carbocycles. The quantitative estimate of drug-likeness (QED) is 0.547. The van der Waals surface area contributed by atoms with Crippen LogP contribution >= 0.6 is 0 Å². The topological polar surface area (TPSA) is 28.7 Å². The molecule has 1 radical (unpaired) electrons. The van der Waals surface area contributed by atoms with E-state index in [0.717, 1.165) is 11.0 Å². The molecule has 1 N–H and O–H groups in total. The zero-order valence-electron chi connectivity index (χ0n) is 6.91. The van der Waals surface area contributed by atoms with Crippen molar-refractivity contribution in [1.29, 1.82) is 0 Å². The van der Waals surface area contributed by atoms with Crippen LogP contribution in [0, 0.1) is 6.20 Å². The smallest absolute Gasteiger partial charge is 0.0871 e. The van der Waals surface area contributed by atoms with E-state index < -0.39 is 0 Å². The third-order valence-electron chi connectivity index (χ3n) is 2.23. The van der Waals surface area contributed by atoms with E-state index >= 15 is 0 Å². The number of nitrogens with zero attached hydrogens (tertiary/aromatic N) is 1. The van der Waals surface area contributed by atoms with Gasteiger partial charge >= 0.3 is 0 Å². The summed E-state index contributed by atoms with van der Waals surface area (Å²) < 4.78 is 0. The minimum atomic E-state index is 0.984. The fourth-order valence-corrected chi connectivity index (χ4v) is 1.58. The summed E-state index contributed by atoms with van der Waals surface area (Å²) in [5.74, 6) is 0. The lowest BCUT2D eigenvalue weighted by Gasteiger charge is -1.96. The zero-order valence-corrected chi connectivity index (χ0v) is 6.91. The van der Waals surface area contributed by atoms with Crippen molar-refractivity contribution in [2.24, 2.45) is 0 Å². The third kappa shape index (κ3) is 0.920. The number of hydrogen-bond donors (Lipinski definition) is 1. The number of aromatic amines is 1. The number of benzene rings is 1. The van der Waals surface area contributed by atoms with E-state index in [1.54, 1.807) is 6.20 Å². The van der Waals surface area contributed by atoms with Gasteiger partial charge in [-0.15, -0.1) is 0 Å². The predicted molar refractivity (Wildman–Crippen MR) is 52.4 cm³/mol. The van der Waals surface area contributed by atoms with E-state index in [1.165, 1.54) is 10.8 Å². The molecule has 0 aliphatic carbocycles. The molecule has 0 atom stereocenters. The van der Waals surface area contributed by atoms with Crippen LogP contribution < -0.4 is 0 Å². The van der Waals surface area contributed by atoms with Gasteiger partial charge in [-0.2, -0.15) is 0 Å². The number of aromatic nitrogens is 2. The minimum Gasteiger partial charge on any atom is -0.351 e. The van der Waals surface area contributed by atoms with Crippen molar-refractivity contribution < 1.29 is 0 Å². The van der Waals surface area contributed by atoms with Crippen LogP contribution in [0.4, 0.5) is 0 Å². The molecular formula is C11H7N2. The van der Waals surface area contributed by atoms with Crippen molar-refractivity contribution in [3.63, 3.8) is 0 Å². The molecule has 0 unspecified atom stereocenters. The van der Waals surface area contributed by atoms with Crippen LogP contribution in [0.25, 0.3) is 21.8 Å². The molecule has 1 heterocycles. The Labute approximate surface area is 75.2 Å². The Kier molecular flexibility index (Phi) is 1.19. The summed E-state index contributed by atoms with van der Waals surface area (Å²) in [4.78, 5) is 7.27. The van der Waals surface area contributed by atoms with Crippen LogP contribution in [0.1, 0.15) is 0 Å². The Balaban J connectivity index is 2.57. The van der Waals surface area contributed by atoms with Crippen molar-refractivity contribution in [1.82, 2.24) is 9.97 Å². The van der Waals surface area contributed by atoms with Crippen molar-refractivity contribution in [3.05, 3.63) is 42.7 Å². The fourth-order valence-electron chi connectivity index (χ4n) is 1.58. The van der Waals surface area contributed by atoms with Crippen LogP contribution in [0.5, 0.6) is 0 Å². The van der Waals surface area contributed by atoms with Crippen LogP contribution in [0.15, 0.2) is 36.5 Å². The van der Waals surface area contributed by atoms with Gasteiger partial charge in [0.1, 0.15) is 0 Å². The zero-order chi connectivity index (χ0) is 8.67. The normalized spacial score (nSPS) is 11.1. The number of fused-ring (bicyclic) bond motifs is 2. The molecule has 0 saturated carbocycles. The van der Waals surface area contributed by atoms with Crippen LogP contribution in [0.2, 0.25) is 0 Å². The van der Waals surface area contributed by atoms with Crippen LogP contribution in [-0.2, 0) is 0 Å². The van der Waals surface area contributed by atoms with Gasteiger partial charge in [0.15, 0.2) is 0 Å². The molecule has 0 aliphatic heterocycles. The maximum atomic E-state index is 4.22. The molecule has 2 heteroatoms. The van der Waals surface area contributed by atoms with Crippen LogP contribution in [-0.4, -0.2) is 9.97 Å². The molecule has 1 aromatic heterocycles. The first-order chi connectivity index (χ1) is 6.43. The van der Waals surface area contributed by atoms with Gasteiger partial charge in [0.2, 0.25) is 0 Å². The Morgan fingerprint density at radius 3 is 2.92 bits per heavy atom. The molecule has 0 aliphatic rings. The van der Waals surface area contributed by atoms with Gasteiger partial charge in [0.25, 0.3) is 0 Å². The highest BCUT2D eigenvalue weighted by Gasteiger charge is 1.97. The molecule has 3 rings (SSSR count). The van der Waals surface area contributed by atoms with Crippen molar-refractivity contribution >= 4 is 21.8 Å². The van der Waals surface area contributed by atoms with Crippen molar-refractivity contribution in [2.75, 3.05) is 0 Å². The lowest BCUT2D eigenvalue weighted by molar-refractivity contribution is 1.29. The summed E-state index contributed by atoms with van der Waals surface area (Å²) in [6, 6.07) is 10.4. The van der Waals surface area contributed by atoms with Gasteiger partial charge in [-0.25, -0.2) is 0 Å². The molecule has 13 heavy (non-hydrogen) atoms. The molecule has 0 bridgehead atoms. The Morgan fingerprint density at radius 2 is 2.00 bits per heavy atom. The first-order valence-corrected chi connectivity index (χ1v) is 4.17. The van der Waals surface area contributed by atoms with Gasteiger partial charge in [0, 0.05) is 0 Å². The number of H-pyrrole nitrogens is 1. The van der Waals surface area contributed by atoms with Crippen LogP contribution in [0.3, 0.4) is 0 Å². The molecule has 61 valence electrons. The van der Waals surface area contributed by atoms with Gasteiger partial charge in [-0.05, 0) is 22.9 Å². The van der Waals surface area contributed by atoms with E-state index in [9.17, 15) is 0 Å². The first kappa shape index (κ1) is 6.66. The average Bonchev–Trinajstić information content (AvgIpc) is 2.61. The Bertz CT molecular complexity index is 517. The monoisotopic (exact) mass is 167 g/mol. The molecular weight excluding hydrogens is 160 g/mol. The van der Waals surface area contributed by atoms with Gasteiger partial charge < -0.3 is 4.98 Å². The van der Waals surface area contributed by atoms with Gasteiger partial charge in [-0.3, -0.25) is 4.98 Å². The molecule has 2 nitrogen and oxygen atoms in total. The molecule has 0 spiro atoms. The number of hydrogen-bond acceptors (Lipinski definition) is 1. The highest BCUT2D eigenvalue weighted by atomic mass is 14.8. The van der Waals surface area contributed by atoms with E-state index in [-0.39, 0.29) is 0 Å². The highest BCUT2D eigenvalue weighted by molar-refractivity contribution is 5.95. The summed E-state index contributed by atoms with van der Waals surface area (Å²) in [5, 5.41) is 2.48. The second-order valence-corrected chi connectivity index (χ2v) is 3.05. The second-order valence-electron chi connectivity index (χ2n) is 3.05. The summed E-state index contributed by atoms with van der Waals surface area (Å²) in [6.45, 7) is 0. The molecule has 0 amide bonds. The second kappa shape index (κ2) is 2.33. The van der Waals surface area contributed by atoms with Gasteiger partial charge in [0.05, 0.1) is 23.4 Å². The fraction of sp³-hybridized carbons (Fsp3) is 0. The summed E-state index contributed by atoms with van der Waals surface area (Å²) in [7, 11) is 0. The third-order valence-corrected chi connectivity index (χ3v) is 2.23. The largest absolute Gasteiger partial charge is 0.351 e. The van der Waals surface area contributed by atoms with Crippen molar-refractivity contribution in [3.8, 4) is 0 Å². The molecule has 0 fully saturated rings. The van der Waals surface area contributed by atoms with Gasteiger partial charge in [-0.1, -0.05) is 18.2 Å². The van der Waals surface area contributed by atoms with E-state index in [4.69, 9.17) is 0 Å². The Hall–Kier alpha value is -1.83. The summed E-state index contributed by atoms with van der Waals surface area (Å²) >= 11 is 0. The first-order valence-electron chi connectivity index (χ1n) is 4.17. The maximum absolute atomic E-state index is 4.22. The minimum absolute atomic E-state index is 0.984. The number of nitrogens with one attached hydrogen (secondary N) is 1. The average molecular weight is 167 g/mol. The molecule has 3 aromatic rings. The lowest BCUT2D eigenvalue weighted by Crippen LogP contribution is -1.81. The van der Waals surface area contributed by atoms with E-state index in [1.807, 2.05) is 6.07 Å². The summed E-state index contributed by atoms with van der Waals surface area (Å²) in [5.41, 5.74) is 2.01. The van der Waals surface area contributed by atoms with E-state index in [2.05, 4.69) is 40.4 Å².